The maximum Gasteiger partial charge on any atom is 0.222 e. The molecule has 0 spiro atoms. The van der Waals surface area contributed by atoms with E-state index in [-0.39, 0.29) is 5.82 Å². The van der Waals surface area contributed by atoms with Gasteiger partial charge in [-0.2, -0.15) is 0 Å². The number of rotatable bonds is 6. The molecule has 4 nitrogen and oxygen atoms in total. The SMILES string of the molecule is CCCNc1ncc(CN2CC[C@H]2c2ccc(F)cc2)cn1. The van der Waals surface area contributed by atoms with Crippen molar-refractivity contribution < 1.29 is 4.39 Å². The minimum absolute atomic E-state index is 0.182. The molecule has 0 aliphatic carbocycles. The molecule has 116 valence electrons. The molecule has 3 rings (SSSR count). The van der Waals surface area contributed by atoms with E-state index in [1.165, 1.54) is 17.7 Å². The summed E-state index contributed by atoms with van der Waals surface area (Å²) < 4.78 is 13.0. The van der Waals surface area contributed by atoms with Gasteiger partial charge in [0.05, 0.1) is 0 Å². The van der Waals surface area contributed by atoms with Gasteiger partial charge >= 0.3 is 0 Å². The number of halogens is 1. The van der Waals surface area contributed by atoms with Crippen LogP contribution in [0.15, 0.2) is 36.7 Å². The monoisotopic (exact) mass is 300 g/mol. The van der Waals surface area contributed by atoms with E-state index in [0.29, 0.717) is 12.0 Å². The summed E-state index contributed by atoms with van der Waals surface area (Å²) in [4.78, 5) is 11.0. The summed E-state index contributed by atoms with van der Waals surface area (Å²) in [6.07, 6.45) is 5.93. The molecule has 1 aliphatic rings. The van der Waals surface area contributed by atoms with E-state index in [9.17, 15) is 4.39 Å². The molecule has 1 atom stereocenters. The third-order valence-electron chi connectivity index (χ3n) is 4.01. The van der Waals surface area contributed by atoms with Crippen molar-refractivity contribution >= 4 is 5.95 Å². The Morgan fingerprint density at radius 2 is 1.95 bits per heavy atom. The normalized spacial score (nSPS) is 18.0. The van der Waals surface area contributed by atoms with Crippen molar-refractivity contribution in [3.8, 4) is 0 Å². The Labute approximate surface area is 130 Å². The molecule has 0 saturated carbocycles. The van der Waals surface area contributed by atoms with Crippen LogP contribution in [0.3, 0.4) is 0 Å². The highest BCUT2D eigenvalue weighted by atomic mass is 19.1. The molecule has 2 aromatic rings. The second-order valence-electron chi connectivity index (χ2n) is 5.67. The molecule has 0 bridgehead atoms. The third kappa shape index (κ3) is 3.42. The van der Waals surface area contributed by atoms with Crippen LogP contribution in [-0.2, 0) is 6.54 Å². The van der Waals surface area contributed by atoms with Gasteiger partial charge in [-0.15, -0.1) is 0 Å². The Balaban J connectivity index is 1.60. The summed E-state index contributed by atoms with van der Waals surface area (Å²) in [5, 5.41) is 3.17. The van der Waals surface area contributed by atoms with E-state index < -0.39 is 0 Å². The lowest BCUT2D eigenvalue weighted by molar-refractivity contribution is 0.0816. The zero-order valence-corrected chi connectivity index (χ0v) is 12.8. The largest absolute Gasteiger partial charge is 0.354 e. The molecule has 5 heteroatoms. The van der Waals surface area contributed by atoms with E-state index in [2.05, 4.69) is 27.1 Å². The molecule has 1 aromatic heterocycles. The Kier molecular flexibility index (Phi) is 4.63. The lowest BCUT2D eigenvalue weighted by Gasteiger charge is -2.41. The average molecular weight is 300 g/mol. The summed E-state index contributed by atoms with van der Waals surface area (Å²) in [6.45, 7) is 4.88. The van der Waals surface area contributed by atoms with Gasteiger partial charge in [-0.1, -0.05) is 19.1 Å². The number of anilines is 1. The molecule has 1 aliphatic heterocycles. The van der Waals surface area contributed by atoms with Gasteiger partial charge in [0.2, 0.25) is 5.95 Å². The maximum atomic E-state index is 13.0. The first kappa shape index (κ1) is 14.9. The first-order valence-corrected chi connectivity index (χ1v) is 7.80. The molecule has 1 aromatic carbocycles. The molecule has 1 N–H and O–H groups in total. The number of nitrogens with one attached hydrogen (secondary N) is 1. The van der Waals surface area contributed by atoms with Gasteiger partial charge in [0.1, 0.15) is 5.82 Å². The van der Waals surface area contributed by atoms with Crippen LogP contribution in [0.2, 0.25) is 0 Å². The second kappa shape index (κ2) is 6.83. The van der Waals surface area contributed by atoms with Crippen molar-refractivity contribution in [1.29, 1.82) is 0 Å². The van der Waals surface area contributed by atoms with Gasteiger partial charge in [-0.05, 0) is 30.5 Å². The first-order chi connectivity index (χ1) is 10.8. The van der Waals surface area contributed by atoms with E-state index in [1.54, 1.807) is 0 Å². The standard InChI is InChI=1S/C17H21FN4/c1-2-8-19-17-20-10-13(11-21-17)12-22-9-7-16(22)14-3-5-15(18)6-4-14/h3-6,10-11,16H,2,7-9,12H2,1H3,(H,19,20,21)/t16-/m0/s1. The van der Waals surface area contributed by atoms with Crippen molar-refractivity contribution in [1.82, 2.24) is 14.9 Å². The van der Waals surface area contributed by atoms with Crippen LogP contribution in [-0.4, -0.2) is 28.0 Å². The highest BCUT2D eigenvalue weighted by Crippen LogP contribution is 2.34. The van der Waals surface area contributed by atoms with Crippen molar-refractivity contribution in [2.45, 2.75) is 32.4 Å². The topological polar surface area (TPSA) is 41.1 Å². The number of benzene rings is 1. The molecule has 0 radical (unpaired) electrons. The summed E-state index contributed by atoms with van der Waals surface area (Å²) in [7, 11) is 0. The summed E-state index contributed by atoms with van der Waals surface area (Å²) in [5.41, 5.74) is 2.28. The summed E-state index contributed by atoms with van der Waals surface area (Å²) in [5.74, 6) is 0.502. The molecule has 1 fully saturated rings. The first-order valence-electron chi connectivity index (χ1n) is 7.80. The van der Waals surface area contributed by atoms with E-state index in [0.717, 1.165) is 38.0 Å². The van der Waals surface area contributed by atoms with Crippen LogP contribution in [0.5, 0.6) is 0 Å². The minimum Gasteiger partial charge on any atom is -0.354 e. The number of nitrogens with zero attached hydrogens (tertiary/aromatic N) is 3. The summed E-state index contributed by atoms with van der Waals surface area (Å²) >= 11 is 0. The lowest BCUT2D eigenvalue weighted by Crippen LogP contribution is -2.40. The van der Waals surface area contributed by atoms with E-state index >= 15 is 0 Å². The second-order valence-corrected chi connectivity index (χ2v) is 5.67. The maximum absolute atomic E-state index is 13.0. The molecule has 1 saturated heterocycles. The van der Waals surface area contributed by atoms with Gasteiger partial charge in [-0.3, -0.25) is 4.90 Å². The highest BCUT2D eigenvalue weighted by molar-refractivity contribution is 5.25. The van der Waals surface area contributed by atoms with E-state index in [1.807, 2.05) is 24.5 Å². The lowest BCUT2D eigenvalue weighted by atomic mass is 9.94. The molecule has 2 heterocycles. The molecule has 0 amide bonds. The smallest absolute Gasteiger partial charge is 0.222 e. The van der Waals surface area contributed by atoms with Gasteiger partial charge in [0, 0.05) is 43.6 Å². The molecular weight excluding hydrogens is 279 g/mol. The van der Waals surface area contributed by atoms with Crippen LogP contribution in [0.25, 0.3) is 0 Å². The number of hydrogen-bond donors (Lipinski definition) is 1. The predicted octanol–water partition coefficient (Wildman–Crippen LogP) is 3.38. The predicted molar refractivity (Wildman–Crippen MR) is 85.0 cm³/mol. The molecule has 22 heavy (non-hydrogen) atoms. The van der Waals surface area contributed by atoms with Crippen molar-refractivity contribution in [3.63, 3.8) is 0 Å². The zero-order valence-electron chi connectivity index (χ0n) is 12.8. The number of hydrogen-bond acceptors (Lipinski definition) is 4. The van der Waals surface area contributed by atoms with Crippen LogP contribution >= 0.6 is 0 Å². The van der Waals surface area contributed by atoms with Crippen LogP contribution < -0.4 is 5.32 Å². The number of likely N-dealkylation sites (tertiary alicyclic amines) is 1. The van der Waals surface area contributed by atoms with Crippen LogP contribution in [0.1, 0.15) is 36.9 Å². The quantitative estimate of drug-likeness (QED) is 0.888. The minimum atomic E-state index is -0.182. The Morgan fingerprint density at radius 1 is 1.23 bits per heavy atom. The van der Waals surface area contributed by atoms with Gasteiger partial charge in [-0.25, -0.2) is 14.4 Å². The molecular formula is C17H21FN4. The third-order valence-corrected chi connectivity index (χ3v) is 4.01. The van der Waals surface area contributed by atoms with Crippen molar-refractivity contribution in [3.05, 3.63) is 53.6 Å². The fourth-order valence-corrected chi connectivity index (χ4v) is 2.69. The highest BCUT2D eigenvalue weighted by Gasteiger charge is 2.29. The molecule has 0 unspecified atom stereocenters. The van der Waals surface area contributed by atoms with Gasteiger partial charge in [0.15, 0.2) is 0 Å². The van der Waals surface area contributed by atoms with Crippen LogP contribution in [0, 0.1) is 5.82 Å². The number of aromatic nitrogens is 2. The van der Waals surface area contributed by atoms with Crippen molar-refractivity contribution in [2.24, 2.45) is 0 Å². The Morgan fingerprint density at radius 3 is 2.55 bits per heavy atom. The van der Waals surface area contributed by atoms with Crippen LogP contribution in [0.4, 0.5) is 10.3 Å². The fraction of sp³-hybridized carbons (Fsp3) is 0.412. The fourth-order valence-electron chi connectivity index (χ4n) is 2.69. The summed E-state index contributed by atoms with van der Waals surface area (Å²) in [6, 6.07) is 7.19. The average Bonchev–Trinajstić information content (AvgIpc) is 2.53. The Bertz CT molecular complexity index is 597. The zero-order chi connectivity index (χ0) is 15.4. The van der Waals surface area contributed by atoms with E-state index in [4.69, 9.17) is 0 Å². The van der Waals surface area contributed by atoms with Gasteiger partial charge in [0.25, 0.3) is 0 Å². The van der Waals surface area contributed by atoms with Gasteiger partial charge < -0.3 is 5.32 Å². The Hall–Kier alpha value is -2.01. The van der Waals surface area contributed by atoms with Crippen molar-refractivity contribution in [2.75, 3.05) is 18.4 Å².